The van der Waals surface area contributed by atoms with Crippen molar-refractivity contribution in [2.45, 2.75) is 13.1 Å². The lowest BCUT2D eigenvalue weighted by atomic mass is 9.99. The highest BCUT2D eigenvalue weighted by atomic mass is 28.3. The van der Waals surface area contributed by atoms with Crippen molar-refractivity contribution >= 4 is 52.6 Å². The predicted molar refractivity (Wildman–Crippen MR) is 255 cm³/mol. The fraction of sp³-hybridized carbons (Fsp3) is 0.0357. The first-order valence-corrected chi connectivity index (χ1v) is 23.3. The van der Waals surface area contributed by atoms with Crippen LogP contribution in [0.2, 0.25) is 13.1 Å². The Kier molecular flexibility index (Phi) is 10.6. The summed E-state index contributed by atoms with van der Waals surface area (Å²) in [6.07, 6.45) is 0. The molecule has 2 nitrogen and oxygen atoms in total. The molecule has 0 aliphatic rings. The summed E-state index contributed by atoms with van der Waals surface area (Å²) in [7, 11) is -1.84. The molecule has 0 amide bonds. The van der Waals surface area contributed by atoms with Gasteiger partial charge in [-0.1, -0.05) is 193 Å². The lowest BCUT2D eigenvalue weighted by Gasteiger charge is -2.28. The van der Waals surface area contributed by atoms with Crippen LogP contribution < -0.4 is 20.2 Å². The van der Waals surface area contributed by atoms with Crippen molar-refractivity contribution in [2.24, 2.45) is 0 Å². The van der Waals surface area contributed by atoms with E-state index < -0.39 is 8.07 Å². The first kappa shape index (κ1) is 37.4. The van der Waals surface area contributed by atoms with Gasteiger partial charge in [-0.3, -0.25) is 0 Å². The molecule has 9 aromatic carbocycles. The van der Waals surface area contributed by atoms with E-state index in [0.717, 1.165) is 34.1 Å². The van der Waals surface area contributed by atoms with Gasteiger partial charge in [-0.05, 0) is 106 Å². The molecule has 0 aliphatic carbocycles. The van der Waals surface area contributed by atoms with Gasteiger partial charge >= 0.3 is 0 Å². The monoisotopic (exact) mass is 774 g/mol. The maximum absolute atomic E-state index is 2.44. The third kappa shape index (κ3) is 8.02. The first-order chi connectivity index (χ1) is 29.0. The zero-order chi connectivity index (χ0) is 40.0. The molecule has 0 spiro atoms. The van der Waals surface area contributed by atoms with E-state index >= 15 is 0 Å². The SMILES string of the molecule is C[Si](C)(c1ccccc1)c1ccc(N(c2ccc(-c3ccccc3)cc2)c2ccc(-c3ccc(-c4ccc(N(c5ccccc5)c5ccccc5)cc4)cc3)cc2)cc1. The molecule has 284 valence electrons. The molecule has 0 bridgehead atoms. The van der Waals surface area contributed by atoms with E-state index in [4.69, 9.17) is 0 Å². The molecule has 0 saturated carbocycles. The molecule has 0 aromatic heterocycles. The lowest BCUT2D eigenvalue weighted by Crippen LogP contribution is -2.52. The smallest absolute Gasteiger partial charge is 0.112 e. The summed E-state index contributed by atoms with van der Waals surface area (Å²) >= 11 is 0. The minimum Gasteiger partial charge on any atom is -0.311 e. The van der Waals surface area contributed by atoms with Crippen molar-refractivity contribution in [2.75, 3.05) is 9.80 Å². The summed E-state index contributed by atoms with van der Waals surface area (Å²) in [4.78, 5) is 4.66. The summed E-state index contributed by atoms with van der Waals surface area (Å²) < 4.78 is 0. The maximum Gasteiger partial charge on any atom is 0.112 e. The Balaban J connectivity index is 0.981. The van der Waals surface area contributed by atoms with Crippen molar-refractivity contribution in [1.82, 2.24) is 0 Å². The molecular formula is C56H46N2Si. The van der Waals surface area contributed by atoms with Gasteiger partial charge in [-0.25, -0.2) is 0 Å². The maximum atomic E-state index is 2.44. The zero-order valence-electron chi connectivity index (χ0n) is 33.5. The van der Waals surface area contributed by atoms with Crippen molar-refractivity contribution in [1.29, 1.82) is 0 Å². The van der Waals surface area contributed by atoms with Crippen LogP contribution in [-0.4, -0.2) is 8.07 Å². The Morgan fingerprint density at radius 3 is 0.780 bits per heavy atom. The van der Waals surface area contributed by atoms with Crippen molar-refractivity contribution < 1.29 is 0 Å². The van der Waals surface area contributed by atoms with Gasteiger partial charge in [0.05, 0.1) is 0 Å². The molecule has 9 rings (SSSR count). The van der Waals surface area contributed by atoms with Gasteiger partial charge in [0.1, 0.15) is 8.07 Å². The number of benzene rings is 9. The Bertz CT molecular complexity index is 2680. The van der Waals surface area contributed by atoms with E-state index in [1.807, 2.05) is 0 Å². The predicted octanol–water partition coefficient (Wildman–Crippen LogP) is 14.4. The molecule has 9 aromatic rings. The van der Waals surface area contributed by atoms with Crippen LogP contribution in [0.3, 0.4) is 0 Å². The first-order valence-electron chi connectivity index (χ1n) is 20.3. The van der Waals surface area contributed by atoms with Crippen LogP contribution in [0.15, 0.2) is 243 Å². The summed E-state index contributed by atoms with van der Waals surface area (Å²) in [5.74, 6) is 0. The molecular weight excluding hydrogens is 729 g/mol. The highest BCUT2D eigenvalue weighted by Gasteiger charge is 2.26. The van der Waals surface area contributed by atoms with E-state index in [2.05, 4.69) is 266 Å². The second kappa shape index (κ2) is 16.7. The van der Waals surface area contributed by atoms with Gasteiger partial charge in [-0.2, -0.15) is 0 Å². The van der Waals surface area contributed by atoms with Gasteiger partial charge in [0.25, 0.3) is 0 Å². The van der Waals surface area contributed by atoms with E-state index in [1.54, 1.807) is 0 Å². The minimum absolute atomic E-state index is 1.12. The van der Waals surface area contributed by atoms with E-state index in [1.165, 1.54) is 43.8 Å². The number of anilines is 6. The van der Waals surface area contributed by atoms with Crippen molar-refractivity contribution in [3.05, 3.63) is 243 Å². The van der Waals surface area contributed by atoms with Crippen LogP contribution in [0.5, 0.6) is 0 Å². The number of nitrogens with zero attached hydrogens (tertiary/aromatic N) is 2. The minimum atomic E-state index is -1.84. The van der Waals surface area contributed by atoms with E-state index in [-0.39, 0.29) is 0 Å². The highest BCUT2D eigenvalue weighted by molar-refractivity contribution is 7.00. The Morgan fingerprint density at radius 1 is 0.220 bits per heavy atom. The average molecular weight is 775 g/mol. The largest absolute Gasteiger partial charge is 0.311 e. The van der Waals surface area contributed by atoms with Gasteiger partial charge < -0.3 is 9.80 Å². The Morgan fingerprint density at radius 2 is 0.441 bits per heavy atom. The van der Waals surface area contributed by atoms with Crippen LogP contribution in [0.4, 0.5) is 34.1 Å². The van der Waals surface area contributed by atoms with E-state index in [0.29, 0.717) is 0 Å². The molecule has 0 fully saturated rings. The standard InChI is InChI=1S/C56H46N2Si/c1-59(2,55-21-13-6-14-22-55)56-41-39-54(40-42-56)58(52-33-27-46(28-34-52)43-15-7-3-8-16-43)53-37-31-48(32-38-53)45-25-23-44(24-26-45)47-29-35-51(36-30-47)57(49-17-9-4-10-18-49)50-19-11-5-12-20-50/h3-42H,1-2H3. The second-order valence-corrected chi connectivity index (χ2v) is 19.9. The lowest BCUT2D eigenvalue weighted by molar-refractivity contribution is 1.28. The van der Waals surface area contributed by atoms with Crippen molar-refractivity contribution in [3.8, 4) is 33.4 Å². The third-order valence-corrected chi connectivity index (χ3v) is 15.0. The zero-order valence-corrected chi connectivity index (χ0v) is 34.5. The molecule has 0 heterocycles. The number of rotatable bonds is 11. The third-order valence-electron chi connectivity index (χ3n) is 11.4. The summed E-state index contributed by atoms with van der Waals surface area (Å²) in [6, 6.07) is 87.6. The molecule has 0 saturated heterocycles. The second-order valence-electron chi connectivity index (χ2n) is 15.5. The quantitative estimate of drug-likeness (QED) is 0.121. The van der Waals surface area contributed by atoms with Gasteiger partial charge in [-0.15, -0.1) is 0 Å². The normalized spacial score (nSPS) is 11.2. The van der Waals surface area contributed by atoms with E-state index in [9.17, 15) is 0 Å². The molecule has 0 N–H and O–H groups in total. The van der Waals surface area contributed by atoms with Crippen LogP contribution in [0, 0.1) is 0 Å². The number of hydrogen-bond acceptors (Lipinski definition) is 2. The van der Waals surface area contributed by atoms with Crippen LogP contribution in [-0.2, 0) is 0 Å². The van der Waals surface area contributed by atoms with Gasteiger partial charge in [0.2, 0.25) is 0 Å². The Hall–Kier alpha value is -7.20. The molecule has 0 radical (unpaired) electrons. The van der Waals surface area contributed by atoms with Crippen LogP contribution in [0.25, 0.3) is 33.4 Å². The van der Waals surface area contributed by atoms with Crippen LogP contribution in [0.1, 0.15) is 0 Å². The highest BCUT2D eigenvalue weighted by Crippen LogP contribution is 2.38. The van der Waals surface area contributed by atoms with Gasteiger partial charge in [0, 0.05) is 34.1 Å². The molecule has 0 aliphatic heterocycles. The molecule has 3 heteroatoms. The number of para-hydroxylation sites is 2. The van der Waals surface area contributed by atoms with Crippen LogP contribution >= 0.6 is 0 Å². The molecule has 0 atom stereocenters. The fourth-order valence-corrected chi connectivity index (χ4v) is 10.4. The average Bonchev–Trinajstić information content (AvgIpc) is 3.31. The summed E-state index contributed by atoms with van der Waals surface area (Å²) in [5, 5.41) is 2.86. The van der Waals surface area contributed by atoms with Crippen molar-refractivity contribution in [3.63, 3.8) is 0 Å². The Labute approximate surface area is 350 Å². The molecule has 59 heavy (non-hydrogen) atoms. The molecule has 0 unspecified atom stereocenters. The summed E-state index contributed by atoms with van der Waals surface area (Å²) in [5.41, 5.74) is 13.9. The van der Waals surface area contributed by atoms with Gasteiger partial charge in [0.15, 0.2) is 0 Å². The summed E-state index contributed by atoms with van der Waals surface area (Å²) in [6.45, 7) is 4.87. The topological polar surface area (TPSA) is 6.48 Å². The fourth-order valence-electron chi connectivity index (χ4n) is 7.99. The number of hydrogen-bond donors (Lipinski definition) is 0.